The first-order valence-corrected chi connectivity index (χ1v) is 7.77. The van der Waals surface area contributed by atoms with Gasteiger partial charge in [-0.1, -0.05) is 36.4 Å². The van der Waals surface area contributed by atoms with Gasteiger partial charge in [0.05, 0.1) is 11.2 Å². The van der Waals surface area contributed by atoms with Crippen molar-refractivity contribution >= 4 is 28.4 Å². The number of para-hydroxylation sites is 1. The molecule has 2 amide bonds. The Labute approximate surface area is 143 Å². The van der Waals surface area contributed by atoms with Gasteiger partial charge >= 0.3 is 0 Å². The van der Waals surface area contributed by atoms with Crippen LogP contribution in [0.4, 0.5) is 10.1 Å². The van der Waals surface area contributed by atoms with Gasteiger partial charge in [-0.3, -0.25) is 14.6 Å². The Kier molecular flexibility index (Phi) is 4.99. The molecule has 6 heteroatoms. The minimum absolute atomic E-state index is 0.0363. The number of hydrogen-bond acceptors (Lipinski definition) is 3. The summed E-state index contributed by atoms with van der Waals surface area (Å²) in [6.07, 6.45) is 1.29. The number of nitrogens with one attached hydrogen (secondary N) is 2. The van der Waals surface area contributed by atoms with Crippen molar-refractivity contribution in [1.29, 1.82) is 0 Å². The summed E-state index contributed by atoms with van der Waals surface area (Å²) < 4.78 is 13.5. The molecule has 0 aliphatic heterocycles. The van der Waals surface area contributed by atoms with Crippen molar-refractivity contribution in [2.24, 2.45) is 0 Å². The first-order chi connectivity index (χ1) is 12.1. The van der Waals surface area contributed by atoms with Crippen LogP contribution in [-0.4, -0.2) is 16.8 Å². The topological polar surface area (TPSA) is 71.1 Å². The van der Waals surface area contributed by atoms with E-state index in [1.54, 1.807) is 36.5 Å². The maximum atomic E-state index is 13.5. The van der Waals surface area contributed by atoms with Gasteiger partial charge in [0.2, 0.25) is 11.8 Å². The van der Waals surface area contributed by atoms with E-state index < -0.39 is 17.6 Å². The number of benzene rings is 2. The van der Waals surface area contributed by atoms with Gasteiger partial charge in [0.15, 0.2) is 0 Å². The third-order valence-corrected chi connectivity index (χ3v) is 3.66. The average molecular weight is 337 g/mol. The van der Waals surface area contributed by atoms with Gasteiger partial charge in [0.1, 0.15) is 12.2 Å². The van der Waals surface area contributed by atoms with E-state index in [0.29, 0.717) is 16.8 Å². The Morgan fingerprint density at radius 2 is 1.76 bits per heavy atom. The number of fused-ring (bicyclic) bond motifs is 1. The highest BCUT2D eigenvalue weighted by atomic mass is 19.1. The van der Waals surface area contributed by atoms with Crippen LogP contribution in [-0.2, 0) is 16.1 Å². The quantitative estimate of drug-likeness (QED) is 0.703. The summed E-state index contributed by atoms with van der Waals surface area (Å²) in [4.78, 5) is 28.2. The van der Waals surface area contributed by atoms with Crippen molar-refractivity contribution < 1.29 is 14.0 Å². The van der Waals surface area contributed by atoms with E-state index in [9.17, 15) is 14.0 Å². The van der Waals surface area contributed by atoms with Crippen LogP contribution in [0.5, 0.6) is 0 Å². The molecule has 0 unspecified atom stereocenters. The van der Waals surface area contributed by atoms with Gasteiger partial charge in [-0.15, -0.1) is 0 Å². The molecular weight excluding hydrogens is 321 g/mol. The second kappa shape index (κ2) is 7.53. The highest BCUT2D eigenvalue weighted by Crippen LogP contribution is 2.20. The van der Waals surface area contributed by atoms with Gasteiger partial charge in [-0.05, 0) is 18.2 Å². The van der Waals surface area contributed by atoms with Gasteiger partial charge in [-0.25, -0.2) is 4.39 Å². The van der Waals surface area contributed by atoms with Gasteiger partial charge in [0.25, 0.3) is 0 Å². The van der Waals surface area contributed by atoms with Crippen molar-refractivity contribution in [3.05, 3.63) is 72.2 Å². The molecule has 1 aromatic heterocycles. The molecule has 0 aliphatic carbocycles. The Morgan fingerprint density at radius 1 is 0.960 bits per heavy atom. The van der Waals surface area contributed by atoms with Crippen LogP contribution >= 0.6 is 0 Å². The fourth-order valence-corrected chi connectivity index (χ4v) is 2.44. The number of aromatic nitrogens is 1. The second-order valence-corrected chi connectivity index (χ2v) is 5.47. The molecule has 0 fully saturated rings. The van der Waals surface area contributed by atoms with Crippen LogP contribution in [0, 0.1) is 5.82 Å². The summed E-state index contributed by atoms with van der Waals surface area (Å²) in [5.41, 5.74) is 1.57. The SMILES string of the molecule is O=C(CC(=O)Nc1cccc2cccnc12)NCc1ccccc1F. The number of nitrogens with zero attached hydrogens (tertiary/aromatic N) is 1. The Morgan fingerprint density at radius 3 is 2.60 bits per heavy atom. The van der Waals surface area contributed by atoms with E-state index in [1.807, 2.05) is 18.2 Å². The second-order valence-electron chi connectivity index (χ2n) is 5.47. The standard InChI is InChI=1S/C19H16FN3O2/c20-15-8-2-1-5-14(15)12-22-17(24)11-18(25)23-16-9-3-6-13-7-4-10-21-19(13)16/h1-10H,11-12H2,(H,22,24)(H,23,25). The van der Waals surface area contributed by atoms with E-state index in [-0.39, 0.29) is 13.0 Å². The van der Waals surface area contributed by atoms with E-state index in [0.717, 1.165) is 5.39 Å². The van der Waals surface area contributed by atoms with E-state index in [1.165, 1.54) is 6.07 Å². The molecular formula is C19H16FN3O2. The first-order valence-electron chi connectivity index (χ1n) is 7.77. The number of pyridine rings is 1. The molecule has 0 saturated carbocycles. The third kappa shape index (κ3) is 4.17. The summed E-state index contributed by atoms with van der Waals surface area (Å²) in [7, 11) is 0. The van der Waals surface area contributed by atoms with Crippen LogP contribution in [0.1, 0.15) is 12.0 Å². The zero-order valence-corrected chi connectivity index (χ0v) is 13.3. The maximum absolute atomic E-state index is 13.5. The number of anilines is 1. The van der Waals surface area contributed by atoms with Gasteiger partial charge in [0, 0.05) is 23.7 Å². The normalized spacial score (nSPS) is 10.4. The van der Waals surface area contributed by atoms with Crippen molar-refractivity contribution in [3.8, 4) is 0 Å². The summed E-state index contributed by atoms with van der Waals surface area (Å²) in [6.45, 7) is 0.0363. The number of rotatable bonds is 5. The van der Waals surface area contributed by atoms with Crippen LogP contribution in [0.3, 0.4) is 0 Å². The number of hydrogen-bond donors (Lipinski definition) is 2. The van der Waals surface area contributed by atoms with Crippen LogP contribution in [0.2, 0.25) is 0 Å². The maximum Gasteiger partial charge on any atom is 0.233 e. The number of carbonyl (C=O) groups excluding carboxylic acids is 2. The van der Waals surface area contributed by atoms with Crippen LogP contribution in [0.15, 0.2) is 60.8 Å². The predicted molar refractivity (Wildman–Crippen MR) is 93.2 cm³/mol. The molecule has 3 aromatic rings. The third-order valence-electron chi connectivity index (χ3n) is 3.66. The Hall–Kier alpha value is -3.28. The summed E-state index contributed by atoms with van der Waals surface area (Å²) in [5, 5.41) is 6.12. The van der Waals surface area contributed by atoms with Gasteiger partial charge < -0.3 is 10.6 Å². The Balaban J connectivity index is 1.58. The molecule has 0 aliphatic rings. The fraction of sp³-hybridized carbons (Fsp3) is 0.105. The largest absolute Gasteiger partial charge is 0.351 e. The van der Waals surface area contributed by atoms with Crippen molar-refractivity contribution in [1.82, 2.24) is 10.3 Å². The molecule has 25 heavy (non-hydrogen) atoms. The lowest BCUT2D eigenvalue weighted by Gasteiger charge is -2.09. The molecule has 1 heterocycles. The number of carbonyl (C=O) groups is 2. The van der Waals surface area contributed by atoms with Crippen molar-refractivity contribution in [3.63, 3.8) is 0 Å². The molecule has 0 radical (unpaired) electrons. The summed E-state index contributed by atoms with van der Waals surface area (Å²) in [6, 6.07) is 15.3. The summed E-state index contributed by atoms with van der Waals surface area (Å²) >= 11 is 0. The van der Waals surface area contributed by atoms with Gasteiger partial charge in [-0.2, -0.15) is 0 Å². The van der Waals surface area contributed by atoms with E-state index in [2.05, 4.69) is 15.6 Å². The minimum atomic E-state index is -0.478. The molecule has 5 nitrogen and oxygen atoms in total. The van der Waals surface area contributed by atoms with Crippen molar-refractivity contribution in [2.75, 3.05) is 5.32 Å². The zero-order valence-electron chi connectivity index (χ0n) is 13.3. The lowest BCUT2D eigenvalue weighted by Crippen LogP contribution is -2.28. The lowest BCUT2D eigenvalue weighted by atomic mass is 10.2. The molecule has 0 spiro atoms. The van der Waals surface area contributed by atoms with Crippen LogP contribution in [0.25, 0.3) is 10.9 Å². The molecule has 0 bridgehead atoms. The molecule has 3 rings (SSSR count). The summed E-state index contributed by atoms with van der Waals surface area (Å²) in [5.74, 6) is -1.33. The molecule has 0 atom stereocenters. The highest BCUT2D eigenvalue weighted by Gasteiger charge is 2.12. The fourth-order valence-electron chi connectivity index (χ4n) is 2.44. The monoisotopic (exact) mass is 337 g/mol. The average Bonchev–Trinajstić information content (AvgIpc) is 2.61. The zero-order chi connectivity index (χ0) is 17.6. The molecule has 0 saturated heterocycles. The predicted octanol–water partition coefficient (Wildman–Crippen LogP) is 3.02. The number of halogens is 1. The number of amides is 2. The minimum Gasteiger partial charge on any atom is -0.351 e. The molecule has 126 valence electrons. The molecule has 2 aromatic carbocycles. The van der Waals surface area contributed by atoms with Crippen molar-refractivity contribution in [2.45, 2.75) is 13.0 Å². The first kappa shape index (κ1) is 16.6. The highest BCUT2D eigenvalue weighted by molar-refractivity contribution is 6.06. The van der Waals surface area contributed by atoms with E-state index in [4.69, 9.17) is 0 Å². The lowest BCUT2D eigenvalue weighted by molar-refractivity contribution is -0.126. The molecule has 2 N–H and O–H groups in total. The van der Waals surface area contributed by atoms with Crippen LogP contribution < -0.4 is 10.6 Å². The smallest absolute Gasteiger partial charge is 0.233 e. The Bertz CT molecular complexity index is 922. The van der Waals surface area contributed by atoms with E-state index >= 15 is 0 Å².